The predicted molar refractivity (Wildman–Crippen MR) is 77.1 cm³/mol. The van der Waals surface area contributed by atoms with E-state index in [1.54, 1.807) is 18.5 Å². The molecule has 110 valence electrons. The van der Waals surface area contributed by atoms with Gasteiger partial charge in [0.1, 0.15) is 0 Å². The normalized spacial score (nSPS) is 10.6. The Morgan fingerprint density at radius 2 is 1.73 bits per heavy atom. The van der Waals surface area contributed by atoms with Crippen molar-refractivity contribution >= 4 is 16.9 Å². The van der Waals surface area contributed by atoms with Gasteiger partial charge in [-0.05, 0) is 35.9 Å². The second kappa shape index (κ2) is 5.85. The number of hydrogen-bond acceptors (Lipinski definition) is 3. The van der Waals surface area contributed by atoms with Gasteiger partial charge in [-0.3, -0.25) is 14.8 Å². The van der Waals surface area contributed by atoms with Gasteiger partial charge in [0.15, 0.2) is 11.6 Å². The van der Waals surface area contributed by atoms with Crippen molar-refractivity contribution < 1.29 is 13.6 Å². The number of nitrogens with zero attached hydrogens (tertiary/aromatic N) is 2. The van der Waals surface area contributed by atoms with Crippen LogP contribution in [0.3, 0.4) is 0 Å². The van der Waals surface area contributed by atoms with Gasteiger partial charge < -0.3 is 5.32 Å². The van der Waals surface area contributed by atoms with Crippen LogP contribution in [0.2, 0.25) is 0 Å². The summed E-state index contributed by atoms with van der Waals surface area (Å²) in [4.78, 5) is 20.3. The van der Waals surface area contributed by atoms with Gasteiger partial charge in [-0.1, -0.05) is 6.07 Å². The van der Waals surface area contributed by atoms with Crippen LogP contribution in [0, 0.1) is 11.6 Å². The van der Waals surface area contributed by atoms with Gasteiger partial charge >= 0.3 is 0 Å². The van der Waals surface area contributed by atoms with E-state index >= 15 is 0 Å². The highest BCUT2D eigenvalue weighted by Crippen LogP contribution is 2.12. The molecule has 1 heterocycles. The molecule has 0 atom stereocenters. The van der Waals surface area contributed by atoms with Crippen molar-refractivity contribution in [3.05, 3.63) is 71.6 Å². The lowest BCUT2D eigenvalue weighted by Gasteiger charge is -2.06. The Kier molecular flexibility index (Phi) is 3.74. The lowest BCUT2D eigenvalue weighted by atomic mass is 10.1. The van der Waals surface area contributed by atoms with Crippen LogP contribution in [-0.2, 0) is 6.54 Å². The number of amides is 1. The number of carbonyl (C=O) groups excluding carboxylic acids is 1. The van der Waals surface area contributed by atoms with E-state index in [0.29, 0.717) is 0 Å². The van der Waals surface area contributed by atoms with E-state index in [4.69, 9.17) is 0 Å². The summed E-state index contributed by atoms with van der Waals surface area (Å²) in [7, 11) is 0. The zero-order valence-corrected chi connectivity index (χ0v) is 11.4. The number of nitrogens with one attached hydrogen (secondary N) is 1. The zero-order chi connectivity index (χ0) is 15.5. The molecule has 0 unspecified atom stereocenters. The summed E-state index contributed by atoms with van der Waals surface area (Å²) in [5.74, 6) is -2.50. The molecule has 0 aliphatic rings. The third-order valence-electron chi connectivity index (χ3n) is 3.17. The maximum absolute atomic E-state index is 13.1. The van der Waals surface area contributed by atoms with Crippen molar-refractivity contribution in [3.63, 3.8) is 0 Å². The smallest absolute Gasteiger partial charge is 0.251 e. The summed E-state index contributed by atoms with van der Waals surface area (Å²) in [5, 5.41) is 2.65. The molecule has 0 bridgehead atoms. The van der Waals surface area contributed by atoms with Gasteiger partial charge in [0.25, 0.3) is 5.91 Å². The van der Waals surface area contributed by atoms with Crippen LogP contribution in [-0.4, -0.2) is 15.9 Å². The molecular formula is C16H11F2N3O. The fraction of sp³-hybridized carbons (Fsp3) is 0.0625. The molecule has 1 N–H and O–H groups in total. The van der Waals surface area contributed by atoms with E-state index in [1.165, 1.54) is 6.07 Å². The minimum Gasteiger partial charge on any atom is -0.348 e. The predicted octanol–water partition coefficient (Wildman–Crippen LogP) is 2.84. The van der Waals surface area contributed by atoms with E-state index in [9.17, 15) is 13.6 Å². The maximum Gasteiger partial charge on any atom is 0.251 e. The second-order valence-corrected chi connectivity index (χ2v) is 4.69. The Labute approximate surface area is 124 Å². The Hall–Kier alpha value is -2.89. The monoisotopic (exact) mass is 299 g/mol. The molecule has 0 fully saturated rings. The lowest BCUT2D eigenvalue weighted by molar-refractivity contribution is 0.0950. The summed E-state index contributed by atoms with van der Waals surface area (Å²) in [5.41, 5.74) is 2.39. The minimum atomic E-state index is -1.05. The van der Waals surface area contributed by atoms with Gasteiger partial charge in [0.05, 0.1) is 11.0 Å². The van der Waals surface area contributed by atoms with E-state index in [2.05, 4.69) is 15.3 Å². The van der Waals surface area contributed by atoms with Crippen LogP contribution in [0.4, 0.5) is 8.78 Å². The summed E-state index contributed by atoms with van der Waals surface area (Å²) < 4.78 is 25.9. The summed E-state index contributed by atoms with van der Waals surface area (Å²) in [6, 6.07) is 8.48. The number of fused-ring (bicyclic) bond motifs is 1. The van der Waals surface area contributed by atoms with E-state index in [0.717, 1.165) is 28.7 Å². The third kappa shape index (κ3) is 2.90. The van der Waals surface area contributed by atoms with Crippen LogP contribution in [0.5, 0.6) is 0 Å². The van der Waals surface area contributed by atoms with Crippen LogP contribution in [0.15, 0.2) is 48.8 Å². The first-order chi connectivity index (χ1) is 10.6. The topological polar surface area (TPSA) is 54.9 Å². The Morgan fingerprint density at radius 3 is 2.50 bits per heavy atom. The standard InChI is InChI=1S/C16H11F2N3O/c17-12-3-2-11(8-13(12)18)16(22)21-9-10-1-4-14-15(7-10)20-6-5-19-14/h1-8H,9H2,(H,21,22). The molecule has 0 radical (unpaired) electrons. The zero-order valence-electron chi connectivity index (χ0n) is 11.4. The average molecular weight is 299 g/mol. The fourth-order valence-corrected chi connectivity index (χ4v) is 2.04. The molecule has 0 saturated heterocycles. The first-order valence-corrected chi connectivity index (χ1v) is 6.56. The molecule has 22 heavy (non-hydrogen) atoms. The van der Waals surface area contributed by atoms with Crippen LogP contribution in [0.1, 0.15) is 15.9 Å². The van der Waals surface area contributed by atoms with E-state index in [-0.39, 0.29) is 12.1 Å². The van der Waals surface area contributed by atoms with Gasteiger partial charge in [0.2, 0.25) is 0 Å². The highest BCUT2D eigenvalue weighted by molar-refractivity contribution is 5.94. The third-order valence-corrected chi connectivity index (χ3v) is 3.17. The van der Waals surface area contributed by atoms with Crippen LogP contribution in [0.25, 0.3) is 11.0 Å². The Bertz CT molecular complexity index is 852. The molecule has 3 aromatic rings. The average Bonchev–Trinajstić information content (AvgIpc) is 2.55. The molecule has 0 aliphatic heterocycles. The highest BCUT2D eigenvalue weighted by atomic mass is 19.2. The fourth-order valence-electron chi connectivity index (χ4n) is 2.04. The molecule has 0 spiro atoms. The molecule has 2 aromatic carbocycles. The molecule has 6 heteroatoms. The number of carbonyl (C=O) groups is 1. The molecule has 0 aliphatic carbocycles. The minimum absolute atomic E-state index is 0.0690. The SMILES string of the molecule is O=C(NCc1ccc2nccnc2c1)c1ccc(F)c(F)c1. The van der Waals surface area contributed by atoms with Crippen molar-refractivity contribution in [2.75, 3.05) is 0 Å². The largest absolute Gasteiger partial charge is 0.348 e. The van der Waals surface area contributed by atoms with Gasteiger partial charge in [-0.15, -0.1) is 0 Å². The summed E-state index contributed by atoms with van der Waals surface area (Å²) in [6.07, 6.45) is 3.19. The molecule has 0 saturated carbocycles. The van der Waals surface area contributed by atoms with Crippen molar-refractivity contribution in [2.24, 2.45) is 0 Å². The summed E-state index contributed by atoms with van der Waals surface area (Å²) >= 11 is 0. The Morgan fingerprint density at radius 1 is 0.955 bits per heavy atom. The van der Waals surface area contributed by atoms with Gasteiger partial charge in [-0.25, -0.2) is 8.78 Å². The lowest BCUT2D eigenvalue weighted by Crippen LogP contribution is -2.23. The van der Waals surface area contributed by atoms with E-state index < -0.39 is 17.5 Å². The number of benzene rings is 2. The first-order valence-electron chi connectivity index (χ1n) is 6.56. The summed E-state index contributed by atoms with van der Waals surface area (Å²) in [6.45, 7) is 0.254. The van der Waals surface area contributed by atoms with Crippen molar-refractivity contribution in [1.82, 2.24) is 15.3 Å². The molecule has 3 rings (SSSR count). The van der Waals surface area contributed by atoms with Crippen molar-refractivity contribution in [2.45, 2.75) is 6.54 Å². The maximum atomic E-state index is 13.1. The molecular weight excluding hydrogens is 288 g/mol. The number of rotatable bonds is 3. The van der Waals surface area contributed by atoms with Gasteiger partial charge in [-0.2, -0.15) is 0 Å². The van der Waals surface area contributed by atoms with E-state index in [1.807, 2.05) is 12.1 Å². The van der Waals surface area contributed by atoms with Crippen LogP contribution >= 0.6 is 0 Å². The number of aromatic nitrogens is 2. The van der Waals surface area contributed by atoms with Crippen molar-refractivity contribution in [1.29, 1.82) is 0 Å². The second-order valence-electron chi connectivity index (χ2n) is 4.69. The molecule has 4 nitrogen and oxygen atoms in total. The van der Waals surface area contributed by atoms with Crippen molar-refractivity contribution in [3.8, 4) is 0 Å². The quantitative estimate of drug-likeness (QED) is 0.809. The number of halogens is 2. The van der Waals surface area contributed by atoms with Gasteiger partial charge in [0, 0.05) is 24.5 Å². The molecule has 1 amide bonds. The highest BCUT2D eigenvalue weighted by Gasteiger charge is 2.09. The van der Waals surface area contributed by atoms with Crippen LogP contribution < -0.4 is 5.32 Å². The number of hydrogen-bond donors (Lipinski definition) is 1. The molecule has 1 aromatic heterocycles. The first kappa shape index (κ1) is 14.1. The Balaban J connectivity index is 1.72.